The topological polar surface area (TPSA) is 284 Å². The van der Waals surface area contributed by atoms with Gasteiger partial charge in [0.05, 0.1) is 66.2 Å². The molecular formula is C51H76N22. The normalized spacial score (nSPS) is 10.3. The second-order valence-corrected chi connectivity index (χ2v) is 18.8. The van der Waals surface area contributed by atoms with Crippen LogP contribution in [0.25, 0.3) is 0 Å². The number of nitrogens with zero attached hydrogens (tertiary/aromatic N) is 22. The van der Waals surface area contributed by atoms with Gasteiger partial charge in [-0.25, -0.2) is 29.9 Å². The van der Waals surface area contributed by atoms with Crippen LogP contribution in [0.5, 0.6) is 0 Å². The third kappa shape index (κ3) is 30.5. The molecule has 22 heteroatoms. The van der Waals surface area contributed by atoms with Gasteiger partial charge in [-0.2, -0.15) is 35.7 Å². The number of hydrogen-bond donors (Lipinski definition) is 0. The lowest BCUT2D eigenvalue weighted by molar-refractivity contribution is 0.550. The van der Waals surface area contributed by atoms with Gasteiger partial charge >= 0.3 is 0 Å². The monoisotopic (exact) mass is 997 g/mol. The average Bonchev–Trinajstić information content (AvgIpc) is 3.41. The van der Waals surface area contributed by atoms with E-state index in [-0.39, 0.29) is 5.41 Å². The van der Waals surface area contributed by atoms with Crippen molar-refractivity contribution in [3.8, 4) is 0 Å². The molecule has 390 valence electrons. The molecule has 0 radical (unpaired) electrons. The lowest BCUT2D eigenvalue weighted by Crippen LogP contribution is -2.14. The van der Waals surface area contributed by atoms with Gasteiger partial charge in [-0.1, -0.05) is 118 Å². The molecule has 73 heavy (non-hydrogen) atoms. The standard InChI is InChI=1S/C7H11N3.2C7H10N2.5C6H9N3/c1-7(2,3)6-4-5-8-10-9-6;1-6(2)7-3-4-8-9-5-7;1-6(2)7-4-3-5-8-9-7;1-5(2)6-8-3-7-4-9-6;1-5(2)6-3-8-9-4-7-6;1-5(2)6-3-7-4-8-9-6;1-5(2)6-3-7-9-8-4-6;1-5(2)6-7-3-4-8-9-6/h4-5H,1-3H3;2*3-6H,1-2H3;5*3-5H,1-2H3. The van der Waals surface area contributed by atoms with E-state index in [1.54, 1.807) is 62.0 Å². The second-order valence-electron chi connectivity index (χ2n) is 18.8. The Hall–Kier alpha value is -7.78. The first-order valence-corrected chi connectivity index (χ1v) is 24.1. The molecule has 0 fully saturated rings. The predicted octanol–water partition coefficient (Wildman–Crippen LogP) is 9.34. The highest BCUT2D eigenvalue weighted by molar-refractivity contribution is 5.10. The molecule has 0 spiro atoms. The fourth-order valence-corrected chi connectivity index (χ4v) is 4.59. The maximum absolute atomic E-state index is 4.00. The Labute approximate surface area is 432 Å². The van der Waals surface area contributed by atoms with Gasteiger partial charge in [0.25, 0.3) is 0 Å². The summed E-state index contributed by atoms with van der Waals surface area (Å²) in [4.78, 5) is 23.5. The molecule has 0 aliphatic rings. The van der Waals surface area contributed by atoms with Gasteiger partial charge in [0.1, 0.15) is 31.1 Å². The van der Waals surface area contributed by atoms with Crippen LogP contribution in [0.4, 0.5) is 0 Å². The highest BCUT2D eigenvalue weighted by Gasteiger charge is 2.14. The van der Waals surface area contributed by atoms with E-state index >= 15 is 0 Å². The molecule has 0 aliphatic carbocycles. The van der Waals surface area contributed by atoms with Crippen molar-refractivity contribution in [2.75, 3.05) is 0 Å². The van der Waals surface area contributed by atoms with Crippen LogP contribution >= 0.6 is 0 Å². The zero-order valence-corrected chi connectivity index (χ0v) is 45.8. The Bertz CT molecular complexity index is 2030. The van der Waals surface area contributed by atoms with Gasteiger partial charge in [-0.15, -0.1) is 35.7 Å². The quantitative estimate of drug-likeness (QED) is 0.144. The van der Waals surface area contributed by atoms with E-state index in [0.717, 1.165) is 40.0 Å². The molecule has 0 atom stereocenters. The number of hydrogen-bond acceptors (Lipinski definition) is 22. The summed E-state index contributed by atoms with van der Waals surface area (Å²) in [5, 5.41) is 59.2. The van der Waals surface area contributed by atoms with Crippen LogP contribution in [0, 0.1) is 0 Å². The summed E-state index contributed by atoms with van der Waals surface area (Å²) in [5.74, 6) is 4.83. The third-order valence-electron chi connectivity index (χ3n) is 9.16. The first kappa shape index (κ1) is 63.2. The minimum atomic E-state index is 0.0793. The summed E-state index contributed by atoms with van der Waals surface area (Å²) >= 11 is 0. The van der Waals surface area contributed by atoms with Crippen molar-refractivity contribution in [2.45, 2.75) is 165 Å². The van der Waals surface area contributed by atoms with Crippen molar-refractivity contribution < 1.29 is 0 Å². The van der Waals surface area contributed by atoms with E-state index in [1.165, 1.54) is 30.9 Å². The van der Waals surface area contributed by atoms with Crippen LogP contribution in [0.1, 0.15) is 205 Å². The van der Waals surface area contributed by atoms with E-state index in [2.05, 4.69) is 216 Å². The summed E-state index contributed by atoms with van der Waals surface area (Å²) in [5.41, 5.74) is 6.41. The molecule has 0 N–H and O–H groups in total. The average molecular weight is 997 g/mol. The van der Waals surface area contributed by atoms with Gasteiger partial charge in [0.15, 0.2) is 5.82 Å². The van der Waals surface area contributed by atoms with Crippen molar-refractivity contribution in [1.82, 2.24) is 112 Å². The van der Waals surface area contributed by atoms with Crippen molar-refractivity contribution in [3.05, 3.63) is 157 Å². The fraction of sp³-hybridized carbons (Fsp3) is 0.490. The predicted molar refractivity (Wildman–Crippen MR) is 280 cm³/mol. The van der Waals surface area contributed by atoms with Crippen LogP contribution in [0.3, 0.4) is 0 Å². The van der Waals surface area contributed by atoms with E-state index < -0.39 is 0 Å². The zero-order valence-electron chi connectivity index (χ0n) is 45.8. The van der Waals surface area contributed by atoms with Gasteiger partial charge < -0.3 is 0 Å². The van der Waals surface area contributed by atoms with Crippen LogP contribution in [-0.4, -0.2) is 112 Å². The number of aromatic nitrogens is 22. The molecule has 8 rings (SSSR count). The van der Waals surface area contributed by atoms with Crippen molar-refractivity contribution in [1.29, 1.82) is 0 Å². The minimum absolute atomic E-state index is 0.0793. The minimum Gasteiger partial charge on any atom is -0.241 e. The van der Waals surface area contributed by atoms with E-state index in [4.69, 9.17) is 0 Å². The molecule has 0 saturated carbocycles. The summed E-state index contributed by atoms with van der Waals surface area (Å²) in [6.45, 7) is 35.4. The molecule has 0 unspecified atom stereocenters. The molecule has 8 heterocycles. The summed E-state index contributed by atoms with van der Waals surface area (Å²) in [6, 6.07) is 7.75. The van der Waals surface area contributed by atoms with Gasteiger partial charge in [-0.3, -0.25) is 0 Å². The molecule has 0 aromatic carbocycles. The maximum atomic E-state index is 4.00. The third-order valence-corrected chi connectivity index (χ3v) is 9.16. The summed E-state index contributed by atoms with van der Waals surface area (Å²) < 4.78 is 0. The van der Waals surface area contributed by atoms with Crippen LogP contribution in [0.2, 0.25) is 0 Å². The molecular weight excluding hydrogens is 921 g/mol. The molecule has 0 aliphatic heterocycles. The van der Waals surface area contributed by atoms with Crippen molar-refractivity contribution in [3.63, 3.8) is 0 Å². The maximum Gasteiger partial charge on any atom is 0.153 e. The van der Waals surface area contributed by atoms with E-state index in [1.807, 2.05) is 38.1 Å². The Balaban J connectivity index is 0.000000417. The lowest BCUT2D eigenvalue weighted by Gasteiger charge is -2.14. The molecule has 0 saturated heterocycles. The smallest absolute Gasteiger partial charge is 0.153 e. The first-order chi connectivity index (χ1) is 34.7. The Morgan fingerprint density at radius 1 is 0.329 bits per heavy atom. The summed E-state index contributed by atoms with van der Waals surface area (Å²) in [6.07, 6.45) is 22.9. The zero-order chi connectivity index (χ0) is 54.4. The van der Waals surface area contributed by atoms with Crippen LogP contribution in [-0.2, 0) is 5.41 Å². The highest BCUT2D eigenvalue weighted by Crippen LogP contribution is 2.17. The van der Waals surface area contributed by atoms with Crippen molar-refractivity contribution >= 4 is 0 Å². The van der Waals surface area contributed by atoms with Crippen LogP contribution in [0.15, 0.2) is 112 Å². The van der Waals surface area contributed by atoms with Crippen molar-refractivity contribution in [2.24, 2.45) is 0 Å². The first-order valence-electron chi connectivity index (χ1n) is 24.1. The molecule has 0 amide bonds. The van der Waals surface area contributed by atoms with Gasteiger partial charge in [0.2, 0.25) is 0 Å². The Morgan fingerprint density at radius 2 is 0.918 bits per heavy atom. The molecule has 8 aromatic rings. The van der Waals surface area contributed by atoms with Gasteiger partial charge in [-0.05, 0) is 75.4 Å². The van der Waals surface area contributed by atoms with Gasteiger partial charge in [0, 0.05) is 35.8 Å². The Kier molecular flexibility index (Phi) is 32.1. The number of rotatable bonds is 7. The molecule has 8 aromatic heterocycles. The largest absolute Gasteiger partial charge is 0.241 e. The van der Waals surface area contributed by atoms with E-state index in [0.29, 0.717) is 41.4 Å². The van der Waals surface area contributed by atoms with E-state index in [9.17, 15) is 0 Å². The molecule has 0 bridgehead atoms. The van der Waals surface area contributed by atoms with Crippen LogP contribution < -0.4 is 0 Å². The SMILES string of the molecule is CC(C)(C)c1ccnnn1.CC(C)c1cccnn1.CC(C)c1ccnnc1.CC(C)c1cncnn1.CC(C)c1cnncn1.CC(C)c1cnnnc1.CC(C)c1nccnn1.CC(C)c1ncncn1. The second kappa shape index (κ2) is 37.1. The lowest BCUT2D eigenvalue weighted by atomic mass is 9.92. The Morgan fingerprint density at radius 3 is 1.25 bits per heavy atom. The fourth-order valence-electron chi connectivity index (χ4n) is 4.59. The summed E-state index contributed by atoms with van der Waals surface area (Å²) in [7, 11) is 0. The molecule has 22 nitrogen and oxygen atoms in total. The highest BCUT2D eigenvalue weighted by atomic mass is 15.3.